The molecule has 214 valence electrons. The average Bonchev–Trinajstić information content (AvgIpc) is 2.81. The van der Waals surface area contributed by atoms with Crippen LogP contribution in [0, 0.1) is 5.92 Å². The zero-order valence-electron chi connectivity index (χ0n) is 23.4. The highest BCUT2D eigenvalue weighted by Crippen LogP contribution is 2.40. The van der Waals surface area contributed by atoms with Gasteiger partial charge in [0.15, 0.2) is 5.25 Å². The summed E-state index contributed by atoms with van der Waals surface area (Å²) < 4.78 is 39.6. The van der Waals surface area contributed by atoms with Gasteiger partial charge in [-0.15, -0.1) is 0 Å². The van der Waals surface area contributed by atoms with Gasteiger partial charge >= 0.3 is 11.9 Å². The fraction of sp³-hybridized carbons (Fsp3) is 0.929. The molecule has 0 amide bonds. The molecule has 0 fully saturated rings. The summed E-state index contributed by atoms with van der Waals surface area (Å²) in [7, 11) is -4.91. The van der Waals surface area contributed by atoms with Crippen LogP contribution in [0.4, 0.5) is 0 Å². The molecule has 0 aliphatic heterocycles. The number of hydrogen-bond donors (Lipinski definition) is 2. The second kappa shape index (κ2) is 19.9. The predicted octanol–water partition coefficient (Wildman–Crippen LogP) is 7.72. The Kier molecular flexibility index (Phi) is 19.3. The Morgan fingerprint density at radius 2 is 1.19 bits per heavy atom. The van der Waals surface area contributed by atoms with E-state index in [9.17, 15) is 27.7 Å². The number of carbonyl (C=O) groups excluding carboxylic acids is 1. The van der Waals surface area contributed by atoms with Gasteiger partial charge in [0.2, 0.25) is 0 Å². The molecule has 36 heavy (non-hydrogen) atoms. The lowest BCUT2D eigenvalue weighted by Gasteiger charge is -2.41. The molecule has 7 nitrogen and oxygen atoms in total. The first-order chi connectivity index (χ1) is 17.1. The number of carbonyl (C=O) groups is 2. The summed E-state index contributed by atoms with van der Waals surface area (Å²) in [5, 5.41) is 7.07. The van der Waals surface area contributed by atoms with E-state index in [1.807, 2.05) is 0 Å². The summed E-state index contributed by atoms with van der Waals surface area (Å²) in [4.78, 5) is 24.4. The quantitative estimate of drug-likeness (QED) is 0.0739. The van der Waals surface area contributed by atoms with Crippen molar-refractivity contribution >= 4 is 22.1 Å². The van der Waals surface area contributed by atoms with Crippen LogP contribution < -0.4 is 0 Å². The van der Waals surface area contributed by atoms with Crippen molar-refractivity contribution < 1.29 is 32.4 Å². The van der Waals surface area contributed by atoms with Crippen LogP contribution in [-0.4, -0.2) is 40.9 Å². The van der Waals surface area contributed by atoms with E-state index in [1.165, 1.54) is 12.8 Å². The van der Waals surface area contributed by atoms with E-state index in [0.29, 0.717) is 12.8 Å². The zero-order valence-corrected chi connectivity index (χ0v) is 24.3. The fourth-order valence-corrected chi connectivity index (χ4v) is 5.80. The standard InChI is InChI=1S/C28H54O7S/c1-5-9-12-14-16-18-21-28(24(8-4)20-11-7-3,22-19-17-15-13-10-6-2)35-27(31)25(23-26(29)30)36(32,33)34/h24-25H,5-23H2,1-4H3,(H,29,30)(H,32,33,34). The molecule has 0 aromatic carbocycles. The number of carboxylic acid groups (broad SMARTS) is 1. The molecule has 0 saturated heterocycles. The number of rotatable bonds is 24. The molecule has 8 heteroatoms. The maximum atomic E-state index is 13.2. The van der Waals surface area contributed by atoms with Gasteiger partial charge in [-0.3, -0.25) is 14.1 Å². The maximum Gasteiger partial charge on any atom is 0.328 e. The predicted molar refractivity (Wildman–Crippen MR) is 146 cm³/mol. The van der Waals surface area contributed by atoms with Crippen LogP contribution in [0.3, 0.4) is 0 Å². The van der Waals surface area contributed by atoms with Crippen molar-refractivity contribution in [2.45, 2.75) is 161 Å². The SMILES string of the molecule is CCCCCCCCC(CCCCCCCC)(OC(=O)C(CC(=O)O)S(=O)(=O)O)C(CC)CCCC. The topological polar surface area (TPSA) is 118 Å². The molecule has 2 N–H and O–H groups in total. The van der Waals surface area contributed by atoms with Crippen LogP contribution in [0.15, 0.2) is 0 Å². The van der Waals surface area contributed by atoms with Crippen LogP contribution in [0.25, 0.3) is 0 Å². The molecule has 0 heterocycles. The molecule has 0 aromatic heterocycles. The molecule has 2 unspecified atom stereocenters. The number of ether oxygens (including phenoxy) is 1. The Hall–Kier alpha value is -1.15. The van der Waals surface area contributed by atoms with Gasteiger partial charge in [-0.2, -0.15) is 8.42 Å². The van der Waals surface area contributed by atoms with Gasteiger partial charge in [0.05, 0.1) is 6.42 Å². The first kappa shape index (κ1) is 34.9. The van der Waals surface area contributed by atoms with Crippen molar-refractivity contribution in [1.82, 2.24) is 0 Å². The van der Waals surface area contributed by atoms with Gasteiger partial charge in [-0.1, -0.05) is 105 Å². The highest BCUT2D eigenvalue weighted by atomic mass is 32.2. The van der Waals surface area contributed by atoms with E-state index < -0.39 is 39.3 Å². The van der Waals surface area contributed by atoms with Crippen molar-refractivity contribution in [1.29, 1.82) is 0 Å². The van der Waals surface area contributed by atoms with Gasteiger partial charge < -0.3 is 9.84 Å². The molecule has 0 rings (SSSR count). The third kappa shape index (κ3) is 14.6. The van der Waals surface area contributed by atoms with Gasteiger partial charge in [-0.25, -0.2) is 0 Å². The Balaban J connectivity index is 5.93. The second-order valence-corrected chi connectivity index (χ2v) is 12.0. The van der Waals surface area contributed by atoms with Crippen LogP contribution in [0.2, 0.25) is 0 Å². The van der Waals surface area contributed by atoms with Crippen molar-refractivity contribution in [2.75, 3.05) is 0 Å². The normalized spacial score (nSPS) is 13.9. The van der Waals surface area contributed by atoms with Crippen LogP contribution in [-0.2, 0) is 24.4 Å². The minimum absolute atomic E-state index is 0.0551. The van der Waals surface area contributed by atoms with E-state index in [-0.39, 0.29) is 5.92 Å². The summed E-state index contributed by atoms with van der Waals surface area (Å²) in [6.07, 6.45) is 16.9. The number of carboxylic acids is 1. The smallest absolute Gasteiger partial charge is 0.328 e. The molecular weight excluding hydrogens is 480 g/mol. The third-order valence-electron chi connectivity index (χ3n) is 7.34. The minimum Gasteiger partial charge on any atom is -0.481 e. The molecule has 0 radical (unpaired) electrons. The van der Waals surface area contributed by atoms with Gasteiger partial charge in [-0.05, 0) is 44.4 Å². The van der Waals surface area contributed by atoms with Gasteiger partial charge in [0, 0.05) is 0 Å². The summed E-state index contributed by atoms with van der Waals surface area (Å²) >= 11 is 0. The average molecular weight is 535 g/mol. The van der Waals surface area contributed by atoms with Crippen LogP contribution in [0.5, 0.6) is 0 Å². The zero-order chi connectivity index (χ0) is 27.5. The first-order valence-corrected chi connectivity index (χ1v) is 16.0. The molecule has 0 bridgehead atoms. The summed E-state index contributed by atoms with van der Waals surface area (Å²) in [5.74, 6) is -2.54. The maximum absolute atomic E-state index is 13.2. The van der Waals surface area contributed by atoms with Crippen molar-refractivity contribution in [3.05, 3.63) is 0 Å². The number of esters is 1. The van der Waals surface area contributed by atoms with E-state index in [4.69, 9.17) is 4.74 Å². The molecule has 0 aliphatic carbocycles. The minimum atomic E-state index is -4.91. The number of hydrogen-bond acceptors (Lipinski definition) is 5. The van der Waals surface area contributed by atoms with E-state index in [0.717, 1.165) is 89.9 Å². The monoisotopic (exact) mass is 534 g/mol. The summed E-state index contributed by atoms with van der Waals surface area (Å²) in [6, 6.07) is 0. The largest absolute Gasteiger partial charge is 0.481 e. The Labute approximate surface area is 220 Å². The molecule has 0 spiro atoms. The molecule has 2 atom stereocenters. The van der Waals surface area contributed by atoms with E-state index in [2.05, 4.69) is 27.7 Å². The fourth-order valence-electron chi connectivity index (χ4n) is 5.15. The van der Waals surface area contributed by atoms with Crippen LogP contribution in [0.1, 0.15) is 150 Å². The lowest BCUT2D eigenvalue weighted by Crippen LogP contribution is -2.47. The summed E-state index contributed by atoms with van der Waals surface area (Å²) in [6.45, 7) is 8.53. The Bertz CT molecular complexity index is 674. The first-order valence-electron chi connectivity index (χ1n) is 14.5. The number of unbranched alkanes of at least 4 members (excludes halogenated alkanes) is 11. The summed E-state index contributed by atoms with van der Waals surface area (Å²) in [5.41, 5.74) is -0.849. The lowest BCUT2D eigenvalue weighted by atomic mass is 9.75. The second-order valence-electron chi connectivity index (χ2n) is 10.4. The van der Waals surface area contributed by atoms with Gasteiger partial charge in [0.25, 0.3) is 10.1 Å². The Morgan fingerprint density at radius 3 is 1.58 bits per heavy atom. The Morgan fingerprint density at radius 1 is 0.750 bits per heavy atom. The molecular formula is C28H54O7S. The van der Waals surface area contributed by atoms with E-state index >= 15 is 0 Å². The van der Waals surface area contributed by atoms with E-state index in [1.54, 1.807) is 0 Å². The van der Waals surface area contributed by atoms with Crippen molar-refractivity contribution in [3.8, 4) is 0 Å². The van der Waals surface area contributed by atoms with Crippen LogP contribution >= 0.6 is 0 Å². The van der Waals surface area contributed by atoms with Crippen molar-refractivity contribution in [3.63, 3.8) is 0 Å². The third-order valence-corrected chi connectivity index (χ3v) is 8.41. The molecule has 0 aliphatic rings. The highest BCUT2D eigenvalue weighted by Gasteiger charge is 2.44. The van der Waals surface area contributed by atoms with Gasteiger partial charge in [0.1, 0.15) is 5.60 Å². The number of aliphatic carboxylic acids is 1. The lowest BCUT2D eigenvalue weighted by molar-refractivity contribution is -0.171. The molecule has 0 saturated carbocycles. The highest BCUT2D eigenvalue weighted by molar-refractivity contribution is 7.87. The van der Waals surface area contributed by atoms with Crippen molar-refractivity contribution in [2.24, 2.45) is 5.92 Å². The molecule has 0 aromatic rings.